The van der Waals surface area contributed by atoms with Gasteiger partial charge in [-0.3, -0.25) is 14.4 Å². The molecule has 0 unspecified atom stereocenters. The van der Waals surface area contributed by atoms with E-state index in [2.05, 4.69) is 20.5 Å². The van der Waals surface area contributed by atoms with Crippen molar-refractivity contribution in [3.8, 4) is 0 Å². The zero-order chi connectivity index (χ0) is 25.7. The number of hydrogen-bond donors (Lipinski definition) is 3. The summed E-state index contributed by atoms with van der Waals surface area (Å²) >= 11 is 0. The first kappa shape index (κ1) is 25.4. The summed E-state index contributed by atoms with van der Waals surface area (Å²) < 4.78 is 0. The van der Waals surface area contributed by atoms with Crippen molar-refractivity contribution in [2.24, 2.45) is 5.73 Å². The van der Waals surface area contributed by atoms with E-state index in [1.54, 1.807) is 36.3 Å². The zero-order valence-corrected chi connectivity index (χ0v) is 21.0. The summed E-state index contributed by atoms with van der Waals surface area (Å²) in [6.45, 7) is 3.46. The van der Waals surface area contributed by atoms with Crippen molar-refractivity contribution in [2.75, 3.05) is 35.3 Å². The van der Waals surface area contributed by atoms with E-state index in [9.17, 15) is 14.4 Å². The van der Waals surface area contributed by atoms with E-state index in [0.29, 0.717) is 30.5 Å². The minimum absolute atomic E-state index is 0.0777. The lowest BCUT2D eigenvalue weighted by Crippen LogP contribution is -2.34. The van der Waals surface area contributed by atoms with Crippen molar-refractivity contribution in [3.05, 3.63) is 35.5 Å². The number of rotatable bonds is 4. The molecule has 3 aliphatic rings. The summed E-state index contributed by atoms with van der Waals surface area (Å²) in [6.07, 6.45) is 9.82. The highest BCUT2D eigenvalue weighted by Gasteiger charge is 2.31. The van der Waals surface area contributed by atoms with Crippen LogP contribution in [-0.4, -0.2) is 53.9 Å². The molecule has 0 spiro atoms. The lowest BCUT2D eigenvalue weighted by molar-refractivity contribution is -0.122. The predicted molar refractivity (Wildman–Crippen MR) is 140 cm³/mol. The van der Waals surface area contributed by atoms with Crippen molar-refractivity contribution in [3.63, 3.8) is 0 Å². The molecule has 1 saturated carbocycles. The topological polar surface area (TPSA) is 134 Å². The molecule has 1 aromatic carbocycles. The first-order chi connectivity index (χ1) is 17.3. The number of nitrogens with one attached hydrogen (secondary N) is 2. The Bertz CT molecular complexity index is 1120. The summed E-state index contributed by atoms with van der Waals surface area (Å²) in [5.74, 6) is 1.10. The summed E-state index contributed by atoms with van der Waals surface area (Å²) in [5.41, 5.74) is 8.24. The third kappa shape index (κ3) is 5.92. The fourth-order valence-corrected chi connectivity index (χ4v) is 4.87. The number of nitrogens with zero attached hydrogens (tertiary/aromatic N) is 4. The van der Waals surface area contributed by atoms with Gasteiger partial charge in [0.05, 0.1) is 6.20 Å². The molecule has 10 heteroatoms. The molecular weight excluding hydrogens is 458 g/mol. The molecule has 2 aliphatic heterocycles. The Morgan fingerprint density at radius 3 is 2.53 bits per heavy atom. The van der Waals surface area contributed by atoms with Gasteiger partial charge in [0.2, 0.25) is 23.7 Å². The van der Waals surface area contributed by atoms with Crippen LogP contribution in [0.1, 0.15) is 67.3 Å². The van der Waals surface area contributed by atoms with Crippen molar-refractivity contribution < 1.29 is 14.4 Å². The van der Waals surface area contributed by atoms with E-state index in [4.69, 9.17) is 10.7 Å². The van der Waals surface area contributed by atoms with E-state index in [1.165, 1.54) is 12.8 Å². The van der Waals surface area contributed by atoms with Gasteiger partial charge in [-0.15, -0.1) is 0 Å². The van der Waals surface area contributed by atoms with E-state index in [0.717, 1.165) is 61.4 Å². The van der Waals surface area contributed by atoms with E-state index in [-0.39, 0.29) is 11.8 Å². The number of piperidine rings is 1. The van der Waals surface area contributed by atoms with Crippen LogP contribution in [0.15, 0.2) is 24.4 Å². The Hall–Kier alpha value is -3.69. The summed E-state index contributed by atoms with van der Waals surface area (Å²) in [7, 11) is 1.78. The molecule has 10 nitrogen and oxygen atoms in total. The number of anilines is 4. The maximum atomic E-state index is 12.4. The monoisotopic (exact) mass is 493 g/mol. The van der Waals surface area contributed by atoms with Crippen LogP contribution in [0.4, 0.5) is 23.1 Å². The van der Waals surface area contributed by atoms with Crippen LogP contribution in [0.5, 0.6) is 0 Å². The predicted octanol–water partition coefficient (Wildman–Crippen LogP) is 3.03. The number of carbonyl (C=O) groups is 3. The highest BCUT2D eigenvalue weighted by Crippen LogP contribution is 2.36. The molecule has 1 saturated heterocycles. The number of benzene rings is 1. The van der Waals surface area contributed by atoms with Gasteiger partial charge in [0.15, 0.2) is 5.82 Å². The normalized spacial score (nSPS) is 18.1. The van der Waals surface area contributed by atoms with Gasteiger partial charge in [-0.25, -0.2) is 4.98 Å². The average molecular weight is 494 g/mol. The van der Waals surface area contributed by atoms with Crippen LogP contribution in [0.3, 0.4) is 0 Å². The molecular formula is C26H35N7O3. The van der Waals surface area contributed by atoms with E-state index in [1.807, 2.05) is 6.92 Å². The molecule has 1 aromatic heterocycles. The second-order valence-electron chi connectivity index (χ2n) is 9.56. The fraction of sp³-hybridized carbons (Fsp3) is 0.500. The molecule has 36 heavy (non-hydrogen) atoms. The molecule has 192 valence electrons. The van der Waals surface area contributed by atoms with Crippen molar-refractivity contribution in [2.45, 2.75) is 64.3 Å². The van der Waals surface area contributed by atoms with Crippen LogP contribution in [0.2, 0.25) is 0 Å². The number of hydrogen-bond acceptors (Lipinski definition) is 7. The summed E-state index contributed by atoms with van der Waals surface area (Å²) in [5, 5.41) is 5.98. The molecule has 1 aliphatic carbocycles. The van der Waals surface area contributed by atoms with Crippen LogP contribution >= 0.6 is 0 Å². The standard InChI is InChI=1S/C21H26N6O2.C5H9NO/c1-13-11-14(19(22)29)7-8-16(13)24-21-23-12-17-20(25-21)27(15-5-3-4-6-15)10-9-18(28)26(17)2;7-5-3-1-2-4-6-5/h7-8,11-12,15H,3-6,9-10H2,1-2H3,(H2,22,29)(H,23,24,25);1-4H2,(H,6,7). The lowest BCUT2D eigenvalue weighted by Gasteiger charge is -2.30. The molecule has 3 heterocycles. The maximum absolute atomic E-state index is 12.4. The Morgan fingerprint density at radius 1 is 1.14 bits per heavy atom. The molecule has 5 rings (SSSR count). The molecule has 2 aromatic rings. The summed E-state index contributed by atoms with van der Waals surface area (Å²) in [6, 6.07) is 5.63. The second-order valence-corrected chi connectivity index (χ2v) is 9.56. The Morgan fingerprint density at radius 2 is 1.92 bits per heavy atom. The number of aromatic nitrogens is 2. The number of amides is 3. The van der Waals surface area contributed by atoms with E-state index >= 15 is 0 Å². The minimum atomic E-state index is -0.458. The highest BCUT2D eigenvalue weighted by molar-refractivity contribution is 5.97. The highest BCUT2D eigenvalue weighted by atomic mass is 16.2. The number of nitrogens with two attached hydrogens (primary N) is 1. The van der Waals surface area contributed by atoms with Crippen molar-refractivity contribution >= 4 is 40.9 Å². The van der Waals surface area contributed by atoms with Crippen molar-refractivity contribution in [1.29, 1.82) is 0 Å². The molecule has 0 radical (unpaired) electrons. The zero-order valence-electron chi connectivity index (χ0n) is 21.0. The Balaban J connectivity index is 0.000000375. The van der Waals surface area contributed by atoms with Crippen LogP contribution < -0.4 is 26.2 Å². The summed E-state index contributed by atoms with van der Waals surface area (Å²) in [4.78, 5) is 47.3. The van der Waals surface area contributed by atoms with Crippen molar-refractivity contribution in [1.82, 2.24) is 15.3 Å². The number of aryl methyl sites for hydroxylation is 1. The smallest absolute Gasteiger partial charge is 0.248 e. The van der Waals surface area contributed by atoms with Gasteiger partial charge >= 0.3 is 0 Å². The van der Waals surface area contributed by atoms with Crippen LogP contribution in [0.25, 0.3) is 0 Å². The number of primary amides is 1. The van der Waals surface area contributed by atoms with Gasteiger partial charge in [0.1, 0.15) is 5.69 Å². The number of fused-ring (bicyclic) bond motifs is 1. The number of carbonyl (C=O) groups excluding carboxylic acids is 3. The fourth-order valence-electron chi connectivity index (χ4n) is 4.87. The largest absolute Gasteiger partial charge is 0.366 e. The lowest BCUT2D eigenvalue weighted by atomic mass is 10.1. The second kappa shape index (κ2) is 11.4. The third-order valence-electron chi connectivity index (χ3n) is 7.00. The Kier molecular flexibility index (Phi) is 8.02. The van der Waals surface area contributed by atoms with Gasteiger partial charge in [-0.1, -0.05) is 12.8 Å². The molecule has 2 fully saturated rings. The maximum Gasteiger partial charge on any atom is 0.248 e. The molecule has 3 amide bonds. The Labute approximate surface area is 211 Å². The van der Waals surface area contributed by atoms with Gasteiger partial charge in [-0.05, 0) is 56.4 Å². The SMILES string of the molecule is Cc1cc(C(N)=O)ccc1Nc1ncc2c(n1)N(C1CCCC1)CCC(=O)N2C.O=C1CCCCN1. The van der Waals surface area contributed by atoms with Crippen LogP contribution in [0, 0.1) is 6.92 Å². The average Bonchev–Trinajstić information content (AvgIpc) is 3.37. The quantitative estimate of drug-likeness (QED) is 0.596. The van der Waals surface area contributed by atoms with Gasteiger partial charge in [0, 0.05) is 50.3 Å². The van der Waals surface area contributed by atoms with Gasteiger partial charge in [-0.2, -0.15) is 4.98 Å². The third-order valence-corrected chi connectivity index (χ3v) is 7.00. The minimum Gasteiger partial charge on any atom is -0.366 e. The first-order valence-electron chi connectivity index (χ1n) is 12.7. The molecule has 0 atom stereocenters. The van der Waals surface area contributed by atoms with Gasteiger partial charge < -0.3 is 26.2 Å². The van der Waals surface area contributed by atoms with Gasteiger partial charge in [0.25, 0.3) is 0 Å². The van der Waals surface area contributed by atoms with Crippen LogP contribution in [-0.2, 0) is 9.59 Å². The molecule has 0 bridgehead atoms. The first-order valence-corrected chi connectivity index (χ1v) is 12.7. The van der Waals surface area contributed by atoms with E-state index < -0.39 is 5.91 Å². The molecule has 4 N–H and O–H groups in total.